The summed E-state index contributed by atoms with van der Waals surface area (Å²) in [6, 6.07) is 19.8. The Bertz CT molecular complexity index is 1500. The molecule has 0 radical (unpaired) electrons. The number of hydrogen-bond acceptors (Lipinski definition) is 2. The maximum absolute atomic E-state index is 4.95. The average molecular weight is 360 g/mol. The van der Waals surface area contributed by atoms with Crippen LogP contribution >= 0.6 is 0 Å². The van der Waals surface area contributed by atoms with Crippen molar-refractivity contribution in [2.24, 2.45) is 0 Å². The molecule has 0 aliphatic carbocycles. The van der Waals surface area contributed by atoms with E-state index in [0.29, 0.717) is 0 Å². The number of nitrogens with zero attached hydrogens (tertiary/aromatic N) is 4. The summed E-state index contributed by atoms with van der Waals surface area (Å²) in [6.07, 6.45) is 7.92. The molecule has 0 saturated carbocycles. The van der Waals surface area contributed by atoms with Gasteiger partial charge in [-0.2, -0.15) is 5.10 Å². The van der Waals surface area contributed by atoms with Gasteiger partial charge in [-0.3, -0.25) is 0 Å². The van der Waals surface area contributed by atoms with Gasteiger partial charge >= 0.3 is 0 Å². The number of imidazole rings is 1. The Labute approximate surface area is 161 Å². The zero-order valence-electron chi connectivity index (χ0n) is 15.1. The van der Waals surface area contributed by atoms with Gasteiger partial charge in [0.15, 0.2) is 0 Å². The number of aromatic nitrogens is 4. The third-order valence-electron chi connectivity index (χ3n) is 6.08. The van der Waals surface area contributed by atoms with Gasteiger partial charge in [0.05, 0.1) is 23.3 Å². The molecule has 7 rings (SSSR count). The molecule has 0 amide bonds. The second-order valence-corrected chi connectivity index (χ2v) is 7.56. The van der Waals surface area contributed by atoms with Gasteiger partial charge in [0.1, 0.15) is 5.82 Å². The molecule has 4 nitrogen and oxygen atoms in total. The molecule has 3 heterocycles. The van der Waals surface area contributed by atoms with Crippen LogP contribution in [0.25, 0.3) is 43.7 Å². The van der Waals surface area contributed by atoms with Crippen LogP contribution < -0.4 is 0 Å². The first-order valence-electron chi connectivity index (χ1n) is 9.65. The zero-order chi connectivity index (χ0) is 18.2. The second-order valence-electron chi connectivity index (χ2n) is 7.56. The molecule has 6 aromatic rings. The monoisotopic (exact) mass is 360 g/mol. The number of benzene rings is 4. The predicted molar refractivity (Wildman–Crippen MR) is 112 cm³/mol. The standard InChI is InChI=1S/C24H16N4/c1-2-15-4-5-17-7-10-20(18-8-6-16(3-1)23(15)24(17)18)28-14-21-19(26-28)9-11-22-25-12-13-27(21)22/h1-8,10,12-14H,9,11H2. The highest BCUT2D eigenvalue weighted by atomic mass is 15.3. The van der Waals surface area contributed by atoms with Crippen LogP contribution in [0.5, 0.6) is 0 Å². The molecule has 132 valence electrons. The summed E-state index contributed by atoms with van der Waals surface area (Å²) in [4.78, 5) is 4.47. The van der Waals surface area contributed by atoms with E-state index in [1.54, 1.807) is 0 Å². The highest BCUT2D eigenvalue weighted by Crippen LogP contribution is 2.37. The minimum absolute atomic E-state index is 0.936. The van der Waals surface area contributed by atoms with Crippen LogP contribution in [0, 0.1) is 0 Å². The SMILES string of the molecule is c1cc2ccc3ccc(-n4cc5c(n4)CCc4nccn4-5)c4ccc(c1)c2c34. The Balaban J connectivity index is 1.55. The Morgan fingerprint density at radius 3 is 2.43 bits per heavy atom. The topological polar surface area (TPSA) is 35.6 Å². The fourth-order valence-electron chi connectivity index (χ4n) is 4.79. The quantitative estimate of drug-likeness (QED) is 0.385. The van der Waals surface area contributed by atoms with Gasteiger partial charge < -0.3 is 4.57 Å². The van der Waals surface area contributed by atoms with Gasteiger partial charge in [-0.1, -0.05) is 48.5 Å². The third kappa shape index (κ3) is 1.75. The summed E-state index contributed by atoms with van der Waals surface area (Å²) in [5.41, 5.74) is 3.41. The van der Waals surface area contributed by atoms with Gasteiger partial charge in [-0.15, -0.1) is 0 Å². The predicted octanol–water partition coefficient (Wildman–Crippen LogP) is 5.05. The summed E-state index contributed by atoms with van der Waals surface area (Å²) in [5.74, 6) is 1.11. The first kappa shape index (κ1) is 14.4. The first-order valence-corrected chi connectivity index (χ1v) is 9.65. The molecule has 0 unspecified atom stereocenters. The molecule has 4 heteroatoms. The van der Waals surface area contributed by atoms with E-state index in [4.69, 9.17) is 5.10 Å². The molecule has 0 N–H and O–H groups in total. The summed E-state index contributed by atoms with van der Waals surface area (Å²) in [5, 5.41) is 12.7. The third-order valence-corrected chi connectivity index (χ3v) is 6.08. The molecule has 2 aromatic heterocycles. The lowest BCUT2D eigenvalue weighted by Gasteiger charge is -2.13. The van der Waals surface area contributed by atoms with Crippen LogP contribution in [-0.2, 0) is 12.8 Å². The molecule has 1 aliphatic rings. The molecular formula is C24H16N4. The number of rotatable bonds is 1. The van der Waals surface area contributed by atoms with Crippen molar-refractivity contribution in [3.8, 4) is 11.4 Å². The van der Waals surface area contributed by atoms with Crippen molar-refractivity contribution >= 4 is 32.3 Å². The van der Waals surface area contributed by atoms with Gasteiger partial charge in [0.2, 0.25) is 0 Å². The fraction of sp³-hybridized carbons (Fsp3) is 0.0833. The first-order chi connectivity index (χ1) is 13.9. The lowest BCUT2D eigenvalue weighted by molar-refractivity contribution is 0.751. The second kappa shape index (κ2) is 4.98. The van der Waals surface area contributed by atoms with Crippen LogP contribution in [-0.4, -0.2) is 19.3 Å². The highest BCUT2D eigenvalue weighted by Gasteiger charge is 2.21. The van der Waals surface area contributed by atoms with Gasteiger partial charge in [0, 0.05) is 30.6 Å². The molecule has 0 fully saturated rings. The van der Waals surface area contributed by atoms with E-state index in [2.05, 4.69) is 70.3 Å². The minimum atomic E-state index is 0.936. The van der Waals surface area contributed by atoms with Crippen molar-refractivity contribution in [2.75, 3.05) is 0 Å². The molecule has 28 heavy (non-hydrogen) atoms. The molecule has 0 bridgehead atoms. The molecule has 0 atom stereocenters. The Morgan fingerprint density at radius 1 is 0.750 bits per heavy atom. The Morgan fingerprint density at radius 2 is 1.54 bits per heavy atom. The van der Waals surface area contributed by atoms with E-state index in [-0.39, 0.29) is 0 Å². The largest absolute Gasteiger partial charge is 0.300 e. The van der Waals surface area contributed by atoms with E-state index in [9.17, 15) is 0 Å². The van der Waals surface area contributed by atoms with Crippen LogP contribution in [0.3, 0.4) is 0 Å². The molecule has 0 saturated heterocycles. The van der Waals surface area contributed by atoms with E-state index in [1.165, 1.54) is 32.3 Å². The summed E-state index contributed by atoms with van der Waals surface area (Å²) in [7, 11) is 0. The fourth-order valence-corrected chi connectivity index (χ4v) is 4.79. The summed E-state index contributed by atoms with van der Waals surface area (Å²) in [6.45, 7) is 0. The van der Waals surface area contributed by atoms with Crippen molar-refractivity contribution in [3.05, 3.63) is 84.7 Å². The highest BCUT2D eigenvalue weighted by molar-refractivity contribution is 6.24. The van der Waals surface area contributed by atoms with Crippen molar-refractivity contribution < 1.29 is 0 Å². The Hall–Kier alpha value is -3.66. The normalized spacial score (nSPS) is 13.4. The van der Waals surface area contributed by atoms with E-state index >= 15 is 0 Å². The van der Waals surface area contributed by atoms with Crippen molar-refractivity contribution in [3.63, 3.8) is 0 Å². The molecular weight excluding hydrogens is 344 g/mol. The van der Waals surface area contributed by atoms with Gasteiger partial charge in [-0.05, 0) is 33.0 Å². The van der Waals surface area contributed by atoms with Gasteiger partial charge in [-0.25, -0.2) is 9.67 Å². The Kier molecular flexibility index (Phi) is 2.56. The number of hydrogen-bond donors (Lipinski definition) is 0. The number of fused-ring (bicyclic) bond motifs is 3. The van der Waals surface area contributed by atoms with Crippen molar-refractivity contribution in [2.45, 2.75) is 12.8 Å². The zero-order valence-corrected chi connectivity index (χ0v) is 15.1. The van der Waals surface area contributed by atoms with E-state index < -0.39 is 0 Å². The van der Waals surface area contributed by atoms with Crippen LogP contribution in [0.1, 0.15) is 11.5 Å². The molecule has 4 aromatic carbocycles. The minimum Gasteiger partial charge on any atom is -0.300 e. The summed E-state index contributed by atoms with van der Waals surface area (Å²) >= 11 is 0. The van der Waals surface area contributed by atoms with E-state index in [1.807, 2.05) is 17.1 Å². The van der Waals surface area contributed by atoms with Crippen molar-refractivity contribution in [1.29, 1.82) is 0 Å². The lowest BCUT2D eigenvalue weighted by atomic mass is 9.93. The van der Waals surface area contributed by atoms with Crippen LogP contribution in [0.15, 0.2) is 73.2 Å². The average Bonchev–Trinajstić information content (AvgIpc) is 3.38. The lowest BCUT2D eigenvalue weighted by Crippen LogP contribution is -2.10. The van der Waals surface area contributed by atoms with E-state index in [0.717, 1.165) is 35.7 Å². The molecule has 1 aliphatic heterocycles. The summed E-state index contributed by atoms with van der Waals surface area (Å²) < 4.78 is 4.21. The molecule has 0 spiro atoms. The smallest absolute Gasteiger partial charge is 0.113 e. The van der Waals surface area contributed by atoms with Crippen molar-refractivity contribution in [1.82, 2.24) is 19.3 Å². The van der Waals surface area contributed by atoms with Gasteiger partial charge in [0.25, 0.3) is 0 Å². The van der Waals surface area contributed by atoms with Crippen LogP contribution in [0.4, 0.5) is 0 Å². The number of aryl methyl sites for hydroxylation is 2. The maximum Gasteiger partial charge on any atom is 0.113 e. The van der Waals surface area contributed by atoms with Crippen LogP contribution in [0.2, 0.25) is 0 Å². The maximum atomic E-state index is 4.95.